The summed E-state index contributed by atoms with van der Waals surface area (Å²) in [6, 6.07) is 13.4. The standard InChI is InChI=1S/C17H17FO3/c1-2-20-17(19)10-9-13-5-3-7-15(11-13)21-16-8-4-6-14(18)12-16/h3-8,11-12H,2,9-10H2,1H3. The summed E-state index contributed by atoms with van der Waals surface area (Å²) in [6.45, 7) is 2.17. The molecule has 2 rings (SSSR count). The normalized spacial score (nSPS) is 10.2. The number of carbonyl (C=O) groups is 1. The van der Waals surface area contributed by atoms with Gasteiger partial charge in [0.2, 0.25) is 0 Å². The van der Waals surface area contributed by atoms with Crippen LogP contribution in [0.4, 0.5) is 4.39 Å². The fourth-order valence-corrected chi connectivity index (χ4v) is 1.91. The fourth-order valence-electron chi connectivity index (χ4n) is 1.91. The van der Waals surface area contributed by atoms with Crippen molar-refractivity contribution >= 4 is 5.97 Å². The van der Waals surface area contributed by atoms with Crippen molar-refractivity contribution in [1.29, 1.82) is 0 Å². The first-order chi connectivity index (χ1) is 10.2. The van der Waals surface area contributed by atoms with Crippen LogP contribution >= 0.6 is 0 Å². The second-order valence-electron chi connectivity index (χ2n) is 4.51. The topological polar surface area (TPSA) is 35.5 Å². The van der Waals surface area contributed by atoms with Crippen LogP contribution in [-0.2, 0) is 16.0 Å². The van der Waals surface area contributed by atoms with E-state index >= 15 is 0 Å². The number of hydrogen-bond acceptors (Lipinski definition) is 3. The van der Waals surface area contributed by atoms with Gasteiger partial charge in [0.25, 0.3) is 0 Å². The van der Waals surface area contributed by atoms with Gasteiger partial charge in [0.15, 0.2) is 0 Å². The van der Waals surface area contributed by atoms with Crippen LogP contribution in [0.25, 0.3) is 0 Å². The van der Waals surface area contributed by atoms with Crippen LogP contribution in [0.2, 0.25) is 0 Å². The second kappa shape index (κ2) is 7.43. The highest BCUT2D eigenvalue weighted by atomic mass is 19.1. The Morgan fingerprint density at radius 2 is 1.81 bits per heavy atom. The molecule has 0 saturated carbocycles. The maximum atomic E-state index is 13.1. The van der Waals surface area contributed by atoms with E-state index in [0.717, 1.165) is 5.56 Å². The quantitative estimate of drug-likeness (QED) is 0.750. The third kappa shape index (κ3) is 4.91. The number of benzene rings is 2. The summed E-state index contributed by atoms with van der Waals surface area (Å²) < 4.78 is 23.6. The number of ether oxygens (including phenoxy) is 2. The van der Waals surface area contributed by atoms with Gasteiger partial charge >= 0.3 is 5.97 Å². The van der Waals surface area contributed by atoms with E-state index in [1.54, 1.807) is 25.1 Å². The van der Waals surface area contributed by atoms with Crippen LogP contribution in [0.1, 0.15) is 18.9 Å². The van der Waals surface area contributed by atoms with Gasteiger partial charge in [-0.1, -0.05) is 18.2 Å². The van der Waals surface area contributed by atoms with Gasteiger partial charge in [-0.3, -0.25) is 4.79 Å². The molecule has 0 atom stereocenters. The zero-order valence-electron chi connectivity index (χ0n) is 11.8. The molecular weight excluding hydrogens is 271 g/mol. The molecule has 0 bridgehead atoms. The van der Waals surface area contributed by atoms with Crippen LogP contribution in [-0.4, -0.2) is 12.6 Å². The summed E-state index contributed by atoms with van der Waals surface area (Å²) in [6.07, 6.45) is 0.913. The summed E-state index contributed by atoms with van der Waals surface area (Å²) in [5.41, 5.74) is 0.969. The molecule has 0 aliphatic rings. The number of esters is 1. The first-order valence-electron chi connectivity index (χ1n) is 6.85. The third-order valence-corrected chi connectivity index (χ3v) is 2.85. The average molecular weight is 288 g/mol. The molecule has 0 aromatic heterocycles. The van der Waals surface area contributed by atoms with E-state index in [1.807, 2.05) is 18.2 Å². The van der Waals surface area contributed by atoms with Crippen molar-refractivity contribution in [1.82, 2.24) is 0 Å². The molecule has 110 valence electrons. The minimum Gasteiger partial charge on any atom is -0.466 e. The van der Waals surface area contributed by atoms with Crippen LogP contribution < -0.4 is 4.74 Å². The molecule has 0 heterocycles. The molecule has 0 amide bonds. The molecule has 0 saturated heterocycles. The zero-order chi connectivity index (χ0) is 15.1. The van der Waals surface area contributed by atoms with Gasteiger partial charge < -0.3 is 9.47 Å². The van der Waals surface area contributed by atoms with Crippen LogP contribution in [0.3, 0.4) is 0 Å². The van der Waals surface area contributed by atoms with E-state index in [4.69, 9.17) is 9.47 Å². The van der Waals surface area contributed by atoms with Crippen molar-refractivity contribution < 1.29 is 18.7 Å². The van der Waals surface area contributed by atoms with E-state index in [9.17, 15) is 9.18 Å². The van der Waals surface area contributed by atoms with Crippen LogP contribution in [0.15, 0.2) is 48.5 Å². The van der Waals surface area contributed by atoms with Crippen molar-refractivity contribution in [3.8, 4) is 11.5 Å². The molecule has 3 nitrogen and oxygen atoms in total. The fraction of sp³-hybridized carbons (Fsp3) is 0.235. The van der Waals surface area contributed by atoms with E-state index < -0.39 is 0 Å². The number of halogens is 1. The summed E-state index contributed by atoms with van der Waals surface area (Å²) >= 11 is 0. The molecule has 0 fully saturated rings. The molecule has 2 aromatic rings. The Morgan fingerprint density at radius 3 is 2.52 bits per heavy atom. The smallest absolute Gasteiger partial charge is 0.306 e. The maximum Gasteiger partial charge on any atom is 0.306 e. The molecule has 0 aliphatic heterocycles. The maximum absolute atomic E-state index is 13.1. The number of aryl methyl sites for hydroxylation is 1. The van der Waals surface area contributed by atoms with Gasteiger partial charge in [-0.25, -0.2) is 4.39 Å². The Hall–Kier alpha value is -2.36. The third-order valence-electron chi connectivity index (χ3n) is 2.85. The Balaban J connectivity index is 1.99. The van der Waals surface area contributed by atoms with Crippen molar-refractivity contribution in [3.63, 3.8) is 0 Å². The predicted octanol–water partition coefficient (Wildman–Crippen LogP) is 4.11. The molecule has 0 N–H and O–H groups in total. The van der Waals surface area contributed by atoms with Gasteiger partial charge in [-0.05, 0) is 43.2 Å². The molecule has 2 aromatic carbocycles. The van der Waals surface area contributed by atoms with Gasteiger partial charge in [-0.15, -0.1) is 0 Å². The number of carbonyl (C=O) groups excluding carboxylic acids is 1. The van der Waals surface area contributed by atoms with E-state index in [1.165, 1.54) is 12.1 Å². The molecule has 0 unspecified atom stereocenters. The Morgan fingerprint density at radius 1 is 1.10 bits per heavy atom. The highest BCUT2D eigenvalue weighted by Gasteiger charge is 2.04. The molecule has 21 heavy (non-hydrogen) atoms. The summed E-state index contributed by atoms with van der Waals surface area (Å²) in [5.74, 6) is 0.499. The number of hydrogen-bond donors (Lipinski definition) is 0. The van der Waals surface area contributed by atoms with Crippen LogP contribution in [0, 0.1) is 5.82 Å². The van der Waals surface area contributed by atoms with Crippen molar-refractivity contribution in [2.75, 3.05) is 6.61 Å². The molecule has 0 radical (unpaired) electrons. The van der Waals surface area contributed by atoms with Crippen molar-refractivity contribution in [2.45, 2.75) is 19.8 Å². The molecule has 4 heteroatoms. The first-order valence-corrected chi connectivity index (χ1v) is 6.85. The van der Waals surface area contributed by atoms with Gasteiger partial charge in [0.05, 0.1) is 6.61 Å². The highest BCUT2D eigenvalue weighted by Crippen LogP contribution is 2.23. The van der Waals surface area contributed by atoms with E-state index in [0.29, 0.717) is 30.9 Å². The minimum absolute atomic E-state index is 0.214. The highest BCUT2D eigenvalue weighted by molar-refractivity contribution is 5.69. The zero-order valence-corrected chi connectivity index (χ0v) is 11.8. The van der Waals surface area contributed by atoms with Gasteiger partial charge in [0, 0.05) is 12.5 Å². The lowest BCUT2D eigenvalue weighted by Gasteiger charge is -2.08. The Labute approximate surface area is 123 Å². The average Bonchev–Trinajstić information content (AvgIpc) is 2.46. The summed E-state index contributed by atoms with van der Waals surface area (Å²) in [4.78, 5) is 11.3. The summed E-state index contributed by atoms with van der Waals surface area (Å²) in [7, 11) is 0. The summed E-state index contributed by atoms with van der Waals surface area (Å²) in [5, 5.41) is 0. The van der Waals surface area contributed by atoms with Gasteiger partial charge in [-0.2, -0.15) is 0 Å². The lowest BCUT2D eigenvalue weighted by molar-refractivity contribution is -0.143. The molecular formula is C17H17FO3. The second-order valence-corrected chi connectivity index (χ2v) is 4.51. The van der Waals surface area contributed by atoms with E-state index in [2.05, 4.69) is 0 Å². The minimum atomic E-state index is -0.342. The van der Waals surface area contributed by atoms with Crippen molar-refractivity contribution in [3.05, 3.63) is 59.9 Å². The Bertz CT molecular complexity index is 610. The van der Waals surface area contributed by atoms with E-state index in [-0.39, 0.29) is 11.8 Å². The lowest BCUT2D eigenvalue weighted by atomic mass is 10.1. The predicted molar refractivity (Wildman–Crippen MR) is 77.9 cm³/mol. The largest absolute Gasteiger partial charge is 0.466 e. The molecule has 0 spiro atoms. The molecule has 0 aliphatic carbocycles. The SMILES string of the molecule is CCOC(=O)CCc1cccc(Oc2cccc(F)c2)c1. The monoisotopic (exact) mass is 288 g/mol. The van der Waals surface area contributed by atoms with Crippen molar-refractivity contribution in [2.24, 2.45) is 0 Å². The Kier molecular flexibility index (Phi) is 5.32. The lowest BCUT2D eigenvalue weighted by Crippen LogP contribution is -2.05. The van der Waals surface area contributed by atoms with Crippen LogP contribution in [0.5, 0.6) is 11.5 Å². The van der Waals surface area contributed by atoms with Gasteiger partial charge in [0.1, 0.15) is 17.3 Å². The first kappa shape index (κ1) is 15.0. The number of rotatable bonds is 6.